The van der Waals surface area contributed by atoms with Gasteiger partial charge in [-0.3, -0.25) is 0 Å². The summed E-state index contributed by atoms with van der Waals surface area (Å²) in [6.07, 6.45) is 0. The number of nitrogens with one attached hydrogen (secondary N) is 1. The number of benzene rings is 2. The smallest absolute Gasteiger partial charge is 0.335 e. The van der Waals surface area contributed by atoms with Crippen LogP contribution in [0.3, 0.4) is 0 Å². The van der Waals surface area contributed by atoms with Gasteiger partial charge in [0.2, 0.25) is 0 Å². The van der Waals surface area contributed by atoms with Gasteiger partial charge in [-0.15, -0.1) is 0 Å². The van der Waals surface area contributed by atoms with Gasteiger partial charge in [0.05, 0.1) is 18.7 Å². The first-order valence-corrected chi connectivity index (χ1v) is 6.84. The largest absolute Gasteiger partial charge is 0.466 e. The molecule has 0 aliphatic heterocycles. The minimum Gasteiger partial charge on any atom is -0.466 e. The number of methoxy groups -OCH3 is 1. The summed E-state index contributed by atoms with van der Waals surface area (Å²) in [5, 5.41) is 3.83. The number of halogens is 1. The Morgan fingerprint density at radius 2 is 1.76 bits per heavy atom. The molecule has 0 aromatic heterocycles. The third-order valence-corrected chi connectivity index (χ3v) is 3.44. The second-order valence-electron chi connectivity index (χ2n) is 4.48. The quantitative estimate of drug-likeness (QED) is 0.663. The number of para-hydroxylation sites is 1. The van der Waals surface area contributed by atoms with Crippen LogP contribution in [0.1, 0.15) is 11.6 Å². The average molecular weight is 302 g/mol. The Balaban J connectivity index is 2.38. The molecule has 0 aliphatic rings. The minimum absolute atomic E-state index is 0.300. The van der Waals surface area contributed by atoms with Crippen molar-refractivity contribution in [1.29, 1.82) is 0 Å². The zero-order valence-corrected chi connectivity index (χ0v) is 12.4. The zero-order chi connectivity index (χ0) is 15.2. The molecule has 0 saturated carbocycles. The molecule has 0 aliphatic carbocycles. The fourth-order valence-electron chi connectivity index (χ4n) is 2.01. The van der Waals surface area contributed by atoms with Crippen molar-refractivity contribution in [2.45, 2.75) is 6.04 Å². The van der Waals surface area contributed by atoms with Gasteiger partial charge in [0.25, 0.3) is 0 Å². The van der Waals surface area contributed by atoms with Crippen molar-refractivity contribution < 1.29 is 9.53 Å². The van der Waals surface area contributed by atoms with Crippen LogP contribution in [0.2, 0.25) is 5.02 Å². The van der Waals surface area contributed by atoms with Crippen molar-refractivity contribution in [3.63, 3.8) is 0 Å². The molecule has 3 nitrogen and oxygen atoms in total. The van der Waals surface area contributed by atoms with Gasteiger partial charge in [0, 0.05) is 10.7 Å². The molecule has 0 fully saturated rings. The topological polar surface area (TPSA) is 38.3 Å². The van der Waals surface area contributed by atoms with E-state index in [2.05, 4.69) is 11.9 Å². The lowest BCUT2D eigenvalue weighted by atomic mass is 9.99. The molecule has 2 aromatic carbocycles. The lowest BCUT2D eigenvalue weighted by molar-refractivity contribution is -0.136. The van der Waals surface area contributed by atoms with E-state index >= 15 is 0 Å². The van der Waals surface area contributed by atoms with Gasteiger partial charge in [-0.05, 0) is 23.8 Å². The highest BCUT2D eigenvalue weighted by molar-refractivity contribution is 6.31. The molecule has 0 spiro atoms. The number of ether oxygens (including phenoxy) is 1. The van der Waals surface area contributed by atoms with Crippen molar-refractivity contribution in [2.24, 2.45) is 0 Å². The Labute approximate surface area is 129 Å². The Morgan fingerprint density at radius 3 is 2.38 bits per heavy atom. The summed E-state index contributed by atoms with van der Waals surface area (Å²) in [6, 6.07) is 16.5. The number of anilines is 1. The van der Waals surface area contributed by atoms with E-state index in [1.165, 1.54) is 7.11 Å². The standard InChI is InChI=1S/C17H16ClNO2/c1-12(17(20)21-2)16(14-10-6-7-11-15(14)18)19-13-8-4-3-5-9-13/h3-11,16,19H,1H2,2H3. The molecule has 4 heteroatoms. The molecule has 0 bridgehead atoms. The molecule has 0 heterocycles. The van der Waals surface area contributed by atoms with E-state index in [1.54, 1.807) is 6.07 Å². The van der Waals surface area contributed by atoms with Crippen molar-refractivity contribution in [2.75, 3.05) is 12.4 Å². The summed E-state index contributed by atoms with van der Waals surface area (Å²) in [7, 11) is 1.33. The van der Waals surface area contributed by atoms with Gasteiger partial charge in [-0.2, -0.15) is 0 Å². The molecule has 21 heavy (non-hydrogen) atoms. The van der Waals surface area contributed by atoms with Gasteiger partial charge < -0.3 is 10.1 Å². The normalized spacial score (nSPS) is 11.5. The van der Waals surface area contributed by atoms with Crippen LogP contribution >= 0.6 is 11.6 Å². The molecular weight excluding hydrogens is 286 g/mol. The van der Waals surface area contributed by atoms with E-state index in [0.717, 1.165) is 11.3 Å². The van der Waals surface area contributed by atoms with Crippen molar-refractivity contribution >= 4 is 23.3 Å². The molecule has 1 atom stereocenters. The number of carbonyl (C=O) groups is 1. The highest BCUT2D eigenvalue weighted by atomic mass is 35.5. The van der Waals surface area contributed by atoms with E-state index in [1.807, 2.05) is 48.5 Å². The van der Waals surface area contributed by atoms with Crippen LogP contribution in [0.4, 0.5) is 5.69 Å². The van der Waals surface area contributed by atoms with E-state index in [0.29, 0.717) is 10.6 Å². The van der Waals surface area contributed by atoms with Crippen LogP contribution < -0.4 is 5.32 Å². The number of hydrogen-bond donors (Lipinski definition) is 1. The van der Waals surface area contributed by atoms with Crippen LogP contribution in [-0.4, -0.2) is 13.1 Å². The summed E-state index contributed by atoms with van der Waals surface area (Å²) in [4.78, 5) is 11.8. The first-order valence-electron chi connectivity index (χ1n) is 6.46. The van der Waals surface area contributed by atoms with Gasteiger partial charge in [0.15, 0.2) is 0 Å². The monoisotopic (exact) mass is 301 g/mol. The Bertz CT molecular complexity index is 640. The molecule has 0 radical (unpaired) electrons. The van der Waals surface area contributed by atoms with Crippen LogP contribution in [0, 0.1) is 0 Å². The highest BCUT2D eigenvalue weighted by Gasteiger charge is 2.23. The molecule has 2 rings (SSSR count). The minimum atomic E-state index is -0.469. The summed E-state index contributed by atoms with van der Waals surface area (Å²) in [6.45, 7) is 3.84. The van der Waals surface area contributed by atoms with Gasteiger partial charge in [0.1, 0.15) is 0 Å². The van der Waals surface area contributed by atoms with Crippen molar-refractivity contribution in [3.05, 3.63) is 77.3 Å². The molecule has 1 unspecified atom stereocenters. The Morgan fingerprint density at radius 1 is 1.14 bits per heavy atom. The van der Waals surface area contributed by atoms with E-state index in [-0.39, 0.29) is 0 Å². The van der Waals surface area contributed by atoms with Crippen molar-refractivity contribution in [1.82, 2.24) is 0 Å². The lowest BCUT2D eigenvalue weighted by Crippen LogP contribution is -2.19. The summed E-state index contributed by atoms with van der Waals surface area (Å²) < 4.78 is 4.77. The molecule has 1 N–H and O–H groups in total. The van der Waals surface area contributed by atoms with Gasteiger partial charge in [-0.1, -0.05) is 54.6 Å². The zero-order valence-electron chi connectivity index (χ0n) is 11.7. The Kier molecular flexibility index (Phi) is 5.01. The number of rotatable bonds is 5. The maximum atomic E-state index is 11.8. The number of carbonyl (C=O) groups excluding carboxylic acids is 1. The molecular formula is C17H16ClNO2. The van der Waals surface area contributed by atoms with Crippen LogP contribution in [-0.2, 0) is 9.53 Å². The van der Waals surface area contributed by atoms with Crippen LogP contribution in [0.5, 0.6) is 0 Å². The predicted octanol–water partition coefficient (Wildman–Crippen LogP) is 4.22. The van der Waals surface area contributed by atoms with Crippen LogP contribution in [0.15, 0.2) is 66.7 Å². The van der Waals surface area contributed by atoms with E-state index in [4.69, 9.17) is 16.3 Å². The summed E-state index contributed by atoms with van der Waals surface area (Å²) in [5.41, 5.74) is 1.94. The van der Waals surface area contributed by atoms with Gasteiger partial charge >= 0.3 is 5.97 Å². The highest BCUT2D eigenvalue weighted by Crippen LogP contribution is 2.31. The molecule has 108 valence electrons. The first-order chi connectivity index (χ1) is 10.1. The van der Waals surface area contributed by atoms with E-state index < -0.39 is 12.0 Å². The maximum Gasteiger partial charge on any atom is 0.335 e. The fraction of sp³-hybridized carbons (Fsp3) is 0.118. The predicted molar refractivity (Wildman–Crippen MR) is 85.4 cm³/mol. The van der Waals surface area contributed by atoms with Crippen molar-refractivity contribution in [3.8, 4) is 0 Å². The third-order valence-electron chi connectivity index (χ3n) is 3.10. The molecule has 0 amide bonds. The summed E-state index contributed by atoms with van der Waals surface area (Å²) in [5.74, 6) is -0.469. The van der Waals surface area contributed by atoms with Crippen LogP contribution in [0.25, 0.3) is 0 Å². The summed E-state index contributed by atoms with van der Waals surface area (Å²) >= 11 is 6.24. The maximum absolute atomic E-state index is 11.8. The Hall–Kier alpha value is -2.26. The first kappa shape index (κ1) is 15.1. The second kappa shape index (κ2) is 6.95. The van der Waals surface area contributed by atoms with Gasteiger partial charge in [-0.25, -0.2) is 4.79 Å². The second-order valence-corrected chi connectivity index (χ2v) is 4.89. The fourth-order valence-corrected chi connectivity index (χ4v) is 2.26. The molecule has 0 saturated heterocycles. The lowest BCUT2D eigenvalue weighted by Gasteiger charge is -2.22. The van der Waals surface area contributed by atoms with E-state index in [9.17, 15) is 4.79 Å². The molecule has 2 aromatic rings. The average Bonchev–Trinajstić information content (AvgIpc) is 2.53. The third kappa shape index (κ3) is 3.64. The SMILES string of the molecule is C=C(C(=O)OC)C(Nc1ccccc1)c1ccccc1Cl. The number of esters is 1. The number of hydrogen-bond acceptors (Lipinski definition) is 3.